The Labute approximate surface area is 159 Å². The molecule has 26 heavy (non-hydrogen) atoms. The van der Waals surface area contributed by atoms with Crippen LogP contribution in [0.25, 0.3) is 0 Å². The summed E-state index contributed by atoms with van der Waals surface area (Å²) in [6.45, 7) is 0.665. The van der Waals surface area contributed by atoms with E-state index in [-0.39, 0.29) is 46.7 Å². The highest BCUT2D eigenvalue weighted by molar-refractivity contribution is 8.00. The first kappa shape index (κ1) is 20.5. The van der Waals surface area contributed by atoms with Gasteiger partial charge in [0.05, 0.1) is 5.56 Å². The number of thioether (sulfide) groups is 1. The van der Waals surface area contributed by atoms with Crippen LogP contribution in [0, 0.1) is 0 Å². The van der Waals surface area contributed by atoms with Gasteiger partial charge in [0.2, 0.25) is 0 Å². The zero-order chi connectivity index (χ0) is 18.0. The van der Waals surface area contributed by atoms with E-state index in [1.54, 1.807) is 0 Å². The topological polar surface area (TPSA) is 59.2 Å². The molecule has 1 aromatic heterocycles. The summed E-state index contributed by atoms with van der Waals surface area (Å²) in [6, 6.07) is 12.1. The van der Waals surface area contributed by atoms with Crippen LogP contribution in [0.3, 0.4) is 0 Å². The Bertz CT molecular complexity index is 760. The number of benzene rings is 1. The van der Waals surface area contributed by atoms with Crippen LogP contribution < -0.4 is 5.73 Å². The Kier molecular flexibility index (Phi) is 6.54. The van der Waals surface area contributed by atoms with Crippen LogP contribution in [0.2, 0.25) is 0 Å². The average molecular weight is 404 g/mol. The largest absolute Gasteiger partial charge is 0.447 e. The Balaban J connectivity index is 0.00000243. The fourth-order valence-electron chi connectivity index (χ4n) is 2.96. The molecule has 0 aliphatic carbocycles. The van der Waals surface area contributed by atoms with Crippen molar-refractivity contribution in [2.24, 2.45) is 5.73 Å². The number of halogens is 4. The van der Waals surface area contributed by atoms with E-state index in [1.165, 1.54) is 23.2 Å². The van der Waals surface area contributed by atoms with Gasteiger partial charge in [-0.1, -0.05) is 30.3 Å². The lowest BCUT2D eigenvalue weighted by molar-refractivity contribution is -0.0329. The van der Waals surface area contributed by atoms with Gasteiger partial charge in [-0.2, -0.15) is 13.2 Å². The SMILES string of the molecule is Cl.N[C@@H]1CN(C(=O)c2cccnc2SC(F)(F)F)C[C@H]1c1ccccc1. The number of aromatic nitrogens is 1. The van der Waals surface area contributed by atoms with Crippen molar-refractivity contribution in [3.05, 3.63) is 59.8 Å². The van der Waals surface area contributed by atoms with Crippen molar-refractivity contribution in [3.63, 3.8) is 0 Å². The average Bonchev–Trinajstić information content (AvgIpc) is 2.96. The Hall–Kier alpha value is -1.77. The first-order valence-electron chi connectivity index (χ1n) is 7.66. The third-order valence-corrected chi connectivity index (χ3v) is 4.84. The molecule has 2 atom stereocenters. The number of rotatable bonds is 3. The molecule has 1 aromatic carbocycles. The van der Waals surface area contributed by atoms with E-state index < -0.39 is 11.4 Å². The fraction of sp³-hybridized carbons (Fsp3) is 0.294. The third kappa shape index (κ3) is 4.69. The fourth-order valence-corrected chi connectivity index (χ4v) is 3.56. The van der Waals surface area contributed by atoms with Gasteiger partial charge in [0.1, 0.15) is 5.03 Å². The van der Waals surface area contributed by atoms with Gasteiger partial charge in [-0.25, -0.2) is 4.98 Å². The number of amides is 1. The van der Waals surface area contributed by atoms with Crippen LogP contribution in [-0.2, 0) is 0 Å². The molecule has 1 fully saturated rings. The summed E-state index contributed by atoms with van der Waals surface area (Å²) in [5, 5.41) is -0.336. The molecule has 4 nitrogen and oxygen atoms in total. The molecule has 2 aromatic rings. The summed E-state index contributed by atoms with van der Waals surface area (Å²) in [4.78, 5) is 17.9. The minimum absolute atomic E-state index is 0. The number of pyridine rings is 1. The summed E-state index contributed by atoms with van der Waals surface area (Å²) in [7, 11) is 0. The van der Waals surface area contributed by atoms with Gasteiger partial charge in [-0.05, 0) is 17.7 Å². The summed E-state index contributed by atoms with van der Waals surface area (Å²) in [6.07, 6.45) is 1.24. The zero-order valence-corrected chi connectivity index (χ0v) is 15.2. The van der Waals surface area contributed by atoms with Crippen molar-refractivity contribution in [3.8, 4) is 0 Å². The summed E-state index contributed by atoms with van der Waals surface area (Å²) >= 11 is -0.377. The van der Waals surface area contributed by atoms with Crippen molar-refractivity contribution in [1.29, 1.82) is 0 Å². The predicted octanol–water partition coefficient (Wildman–Crippen LogP) is 3.68. The highest BCUT2D eigenvalue weighted by Gasteiger charge is 2.37. The van der Waals surface area contributed by atoms with Crippen molar-refractivity contribution in [2.45, 2.75) is 22.5 Å². The quantitative estimate of drug-likeness (QED) is 0.794. The maximum absolute atomic E-state index is 12.7. The predicted molar refractivity (Wildman–Crippen MR) is 96.5 cm³/mol. The van der Waals surface area contributed by atoms with Crippen LogP contribution >= 0.6 is 24.2 Å². The molecule has 1 amide bonds. The summed E-state index contributed by atoms with van der Waals surface area (Å²) in [5.41, 5.74) is 2.62. The lowest BCUT2D eigenvalue weighted by Gasteiger charge is -2.18. The molecule has 3 rings (SSSR count). The second kappa shape index (κ2) is 8.28. The maximum atomic E-state index is 12.7. The van der Waals surface area contributed by atoms with E-state index in [9.17, 15) is 18.0 Å². The number of carbonyl (C=O) groups excluding carboxylic acids is 1. The smallest absolute Gasteiger partial charge is 0.336 e. The molecule has 0 saturated carbocycles. The van der Waals surface area contributed by atoms with Gasteiger partial charge in [0.25, 0.3) is 5.91 Å². The van der Waals surface area contributed by atoms with Crippen LogP contribution in [0.5, 0.6) is 0 Å². The Morgan fingerprint density at radius 3 is 2.50 bits per heavy atom. The molecule has 0 unspecified atom stereocenters. The number of alkyl halides is 3. The summed E-state index contributed by atoms with van der Waals surface area (Å²) in [5.74, 6) is -0.519. The normalized spacial score (nSPS) is 19.9. The monoisotopic (exact) mass is 403 g/mol. The summed E-state index contributed by atoms with van der Waals surface area (Å²) < 4.78 is 38.1. The number of nitrogens with two attached hydrogens (primary N) is 1. The zero-order valence-electron chi connectivity index (χ0n) is 13.5. The van der Waals surface area contributed by atoms with Gasteiger partial charge < -0.3 is 10.6 Å². The number of hydrogen-bond acceptors (Lipinski definition) is 4. The molecule has 9 heteroatoms. The van der Waals surface area contributed by atoms with Crippen LogP contribution in [0.4, 0.5) is 13.2 Å². The molecule has 1 aliphatic rings. The van der Waals surface area contributed by atoms with E-state index in [4.69, 9.17) is 5.73 Å². The van der Waals surface area contributed by atoms with E-state index >= 15 is 0 Å². The van der Waals surface area contributed by atoms with Crippen molar-refractivity contribution >= 4 is 30.1 Å². The minimum atomic E-state index is -4.50. The molecule has 2 heterocycles. The van der Waals surface area contributed by atoms with Gasteiger partial charge in [-0.15, -0.1) is 12.4 Å². The molecule has 140 valence electrons. The molecule has 0 spiro atoms. The number of carbonyl (C=O) groups is 1. The Morgan fingerprint density at radius 1 is 1.15 bits per heavy atom. The van der Waals surface area contributed by atoms with Crippen molar-refractivity contribution < 1.29 is 18.0 Å². The van der Waals surface area contributed by atoms with Crippen LogP contribution in [0.15, 0.2) is 53.7 Å². The standard InChI is InChI=1S/C17H16F3N3OS.ClH/c18-17(19,20)25-15-12(7-4-8-22-15)16(24)23-9-13(14(21)10-23)11-5-2-1-3-6-11;/h1-8,13-14H,9-10,21H2;1H/t13-,14+;/m0./s1. The number of likely N-dealkylation sites (tertiary alicyclic amines) is 1. The number of hydrogen-bond donors (Lipinski definition) is 1. The van der Waals surface area contributed by atoms with E-state index in [2.05, 4.69) is 4.98 Å². The lowest BCUT2D eigenvalue weighted by Crippen LogP contribution is -2.32. The number of nitrogens with zero attached hydrogens (tertiary/aromatic N) is 2. The molecular weight excluding hydrogens is 387 g/mol. The lowest BCUT2D eigenvalue weighted by atomic mass is 9.95. The highest BCUT2D eigenvalue weighted by atomic mass is 35.5. The molecule has 1 aliphatic heterocycles. The Morgan fingerprint density at radius 2 is 1.85 bits per heavy atom. The van der Waals surface area contributed by atoms with Gasteiger partial charge in [-0.3, -0.25) is 4.79 Å². The third-order valence-electron chi connectivity index (χ3n) is 4.09. The van der Waals surface area contributed by atoms with Crippen LogP contribution in [0.1, 0.15) is 21.8 Å². The van der Waals surface area contributed by atoms with Crippen molar-refractivity contribution in [2.75, 3.05) is 13.1 Å². The van der Waals surface area contributed by atoms with E-state index in [1.807, 2.05) is 30.3 Å². The van der Waals surface area contributed by atoms with Crippen molar-refractivity contribution in [1.82, 2.24) is 9.88 Å². The molecule has 0 radical (unpaired) electrons. The second-order valence-corrected chi connectivity index (χ2v) is 6.85. The highest BCUT2D eigenvalue weighted by Crippen LogP contribution is 2.38. The van der Waals surface area contributed by atoms with Gasteiger partial charge >= 0.3 is 5.51 Å². The van der Waals surface area contributed by atoms with Crippen LogP contribution in [-0.4, -0.2) is 40.4 Å². The maximum Gasteiger partial charge on any atom is 0.447 e. The molecule has 0 bridgehead atoms. The van der Waals surface area contributed by atoms with E-state index in [0.29, 0.717) is 13.1 Å². The second-order valence-electron chi connectivity index (χ2n) is 5.80. The molecule has 2 N–H and O–H groups in total. The van der Waals surface area contributed by atoms with E-state index in [0.717, 1.165) is 5.56 Å². The first-order chi connectivity index (χ1) is 11.8. The minimum Gasteiger partial charge on any atom is -0.336 e. The first-order valence-corrected chi connectivity index (χ1v) is 8.47. The molecule has 1 saturated heterocycles. The molecular formula is C17H17ClF3N3OS. The van der Waals surface area contributed by atoms with Gasteiger partial charge in [0, 0.05) is 43.0 Å². The van der Waals surface area contributed by atoms with Gasteiger partial charge in [0.15, 0.2) is 0 Å².